The van der Waals surface area contributed by atoms with Crippen LogP contribution in [0.1, 0.15) is 155 Å². The smallest absolute Gasteiger partial charge is 0.231 e. The van der Waals surface area contributed by atoms with Crippen molar-refractivity contribution in [2.45, 2.75) is 155 Å². The van der Waals surface area contributed by atoms with E-state index in [1.807, 2.05) is 0 Å². The van der Waals surface area contributed by atoms with Gasteiger partial charge in [0.05, 0.1) is 19.8 Å². The van der Waals surface area contributed by atoms with E-state index in [2.05, 4.69) is 36.5 Å². The summed E-state index contributed by atoms with van der Waals surface area (Å²) in [6.07, 6.45) is 18.8. The molecule has 59 heavy (non-hydrogen) atoms. The molecule has 0 saturated carbocycles. The van der Waals surface area contributed by atoms with Gasteiger partial charge in [-0.25, -0.2) is 10.1 Å². The molecule has 0 aromatic heterocycles. The Morgan fingerprint density at radius 2 is 0.881 bits per heavy atom. The molecular weight excluding hydrogens is 783 g/mol. The first kappa shape index (κ1) is 55.3. The molecule has 0 aliphatic rings. The second-order valence-electron chi connectivity index (χ2n) is 14.6. The number of hydrazine groups is 1. The third kappa shape index (κ3) is 40.9. The van der Waals surface area contributed by atoms with Crippen molar-refractivity contribution in [1.29, 1.82) is 0 Å². The molecule has 18 nitrogen and oxygen atoms in total. The summed E-state index contributed by atoms with van der Waals surface area (Å²) < 4.78 is 25.1. The van der Waals surface area contributed by atoms with Gasteiger partial charge < -0.3 is 42.0 Å². The minimum atomic E-state index is -1.52. The highest BCUT2D eigenvalue weighted by Crippen LogP contribution is 2.13. The Bertz CT molecular complexity index is 1210. The number of ether oxygens (including phenoxy) is 2. The van der Waals surface area contributed by atoms with Gasteiger partial charge in [-0.3, -0.25) is 33.5 Å². The van der Waals surface area contributed by atoms with Crippen molar-refractivity contribution in [1.82, 2.24) is 31.4 Å². The second-order valence-corrected chi connectivity index (χ2v) is 15.9. The molecule has 1 atom stereocenters. The van der Waals surface area contributed by atoms with Crippen molar-refractivity contribution in [2.75, 3.05) is 58.4 Å². The molecule has 0 aromatic rings. The maximum atomic E-state index is 12.2. The van der Waals surface area contributed by atoms with E-state index in [1.54, 1.807) is 0 Å². The molecule has 0 aliphatic carbocycles. The maximum Gasteiger partial charge on any atom is 0.231 e. The van der Waals surface area contributed by atoms with Crippen LogP contribution >= 0.6 is 0 Å². The van der Waals surface area contributed by atoms with Gasteiger partial charge in [-0.2, -0.15) is 5.10 Å². The third-order valence-electron chi connectivity index (χ3n) is 9.06. The number of rotatable bonds is 41. The number of Topliss-reactive ketones (excluding diaryl/α,β-unsaturated/α-hetero) is 1. The van der Waals surface area contributed by atoms with Crippen molar-refractivity contribution >= 4 is 52.1 Å². The van der Waals surface area contributed by atoms with Gasteiger partial charge in [0.1, 0.15) is 23.4 Å². The lowest BCUT2D eigenvalue weighted by Gasteiger charge is -2.08. The van der Waals surface area contributed by atoms with E-state index >= 15 is 0 Å². The molecule has 0 radical (unpaired) electrons. The fourth-order valence-electron chi connectivity index (χ4n) is 5.77. The quantitative estimate of drug-likeness (QED) is 0.0145. The van der Waals surface area contributed by atoms with E-state index in [4.69, 9.17) is 21.2 Å². The van der Waals surface area contributed by atoms with Crippen molar-refractivity contribution in [2.24, 2.45) is 16.8 Å². The first-order valence-electron chi connectivity index (χ1n) is 21.7. The lowest BCUT2D eigenvalue weighted by atomic mass is 10.0. The van der Waals surface area contributed by atoms with Gasteiger partial charge in [-0.1, -0.05) is 70.6 Å². The van der Waals surface area contributed by atoms with Crippen LogP contribution in [0.5, 0.6) is 0 Å². The third-order valence-corrected chi connectivity index (χ3v) is 10.2. The summed E-state index contributed by atoms with van der Waals surface area (Å²) in [6, 6.07) is 0. The molecule has 0 heterocycles. The van der Waals surface area contributed by atoms with Gasteiger partial charge in [-0.15, -0.1) is 0 Å². The summed E-state index contributed by atoms with van der Waals surface area (Å²) in [7, 11) is -1.52. The number of nitrogens with two attached hydrogens (primary N) is 2. The lowest BCUT2D eigenvalue weighted by Crippen LogP contribution is -2.31. The standard InChI is InChI=1S/C40H77N9O9S/c1-34(50)33-58-31-30-57-29-28-46-38(53)23-17-26-44-36(51)21-15-25-43-37(52)22-16-27-45-39(54)24-18-32-59(56)49-40(55)20-14-12-10-8-6-4-2-3-5-7-9-11-13-19-35(47-41)48-42/h2-33,41-42H2,1H3,(H,43,52)(H,44,51)(H,45,54)(H,46,53)(H,47,48)(H,49,55). The van der Waals surface area contributed by atoms with Crippen LogP contribution in [0.2, 0.25) is 0 Å². The Hall–Kier alpha value is -3.68. The molecule has 0 fully saturated rings. The van der Waals surface area contributed by atoms with Crippen LogP contribution < -0.4 is 43.1 Å². The first-order valence-corrected chi connectivity index (χ1v) is 23.0. The summed E-state index contributed by atoms with van der Waals surface area (Å²) in [6.45, 7) is 3.92. The fraction of sp³-hybridized carbons (Fsp3) is 0.825. The minimum Gasteiger partial charge on any atom is -0.377 e. The van der Waals surface area contributed by atoms with E-state index in [0.717, 1.165) is 38.5 Å². The Morgan fingerprint density at radius 1 is 0.492 bits per heavy atom. The van der Waals surface area contributed by atoms with E-state index < -0.39 is 11.0 Å². The number of amidine groups is 1. The molecule has 19 heteroatoms. The number of carbonyl (C=O) groups is 6. The summed E-state index contributed by atoms with van der Waals surface area (Å²) in [5.74, 6) is 10.5. The highest BCUT2D eigenvalue weighted by atomic mass is 32.2. The minimum absolute atomic E-state index is 0.0488. The number of nitrogens with one attached hydrogen (secondary N) is 6. The van der Waals surface area contributed by atoms with Crippen LogP contribution in [0, 0.1) is 0 Å². The monoisotopic (exact) mass is 860 g/mol. The van der Waals surface area contributed by atoms with Gasteiger partial charge in [0.25, 0.3) is 0 Å². The lowest BCUT2D eigenvalue weighted by molar-refractivity contribution is -0.123. The zero-order valence-corrected chi connectivity index (χ0v) is 36.6. The fourth-order valence-corrected chi connectivity index (χ4v) is 6.64. The van der Waals surface area contributed by atoms with Gasteiger partial charge in [-0.05, 0) is 45.4 Å². The van der Waals surface area contributed by atoms with Crippen molar-refractivity contribution in [3.05, 3.63) is 0 Å². The highest BCUT2D eigenvalue weighted by molar-refractivity contribution is 7.83. The molecule has 0 aliphatic heterocycles. The molecule has 5 amide bonds. The number of unbranched alkanes of at least 4 members (excludes halogenated alkanes) is 12. The predicted octanol–water partition coefficient (Wildman–Crippen LogP) is 2.56. The number of hydrazone groups is 1. The van der Waals surface area contributed by atoms with Crippen molar-refractivity contribution in [3.8, 4) is 0 Å². The SMILES string of the molecule is CC(=O)COCCOCCNC(=O)CCCNC(=O)CCCNC(=O)CCCNC(=O)CCCS(=O)NC(=O)CCCCCCCCCCCCCCC/C(=N/N)NN. The van der Waals surface area contributed by atoms with Crippen LogP contribution in [-0.4, -0.2) is 104 Å². The molecule has 0 bridgehead atoms. The molecule has 0 spiro atoms. The maximum absolute atomic E-state index is 12.2. The number of carbonyl (C=O) groups excluding carboxylic acids is 6. The van der Waals surface area contributed by atoms with Gasteiger partial charge in [0.15, 0.2) is 5.78 Å². The summed E-state index contributed by atoms with van der Waals surface area (Å²) in [5.41, 5.74) is 2.51. The number of nitrogens with zero attached hydrogens (tertiary/aromatic N) is 1. The van der Waals surface area contributed by atoms with Crippen LogP contribution in [-0.2, 0) is 49.2 Å². The molecule has 0 aromatic carbocycles. The van der Waals surface area contributed by atoms with Crippen LogP contribution in [0.4, 0.5) is 0 Å². The average molecular weight is 860 g/mol. The second kappa shape index (κ2) is 41.1. The van der Waals surface area contributed by atoms with E-state index in [0.29, 0.717) is 83.9 Å². The first-order chi connectivity index (χ1) is 28.6. The number of ketones is 1. The Morgan fingerprint density at radius 3 is 1.32 bits per heavy atom. The largest absolute Gasteiger partial charge is 0.377 e. The zero-order valence-electron chi connectivity index (χ0n) is 35.8. The molecule has 0 rings (SSSR count). The Kier molecular flexibility index (Phi) is 38.5. The van der Waals surface area contributed by atoms with E-state index in [9.17, 15) is 33.0 Å². The average Bonchev–Trinajstić information content (AvgIpc) is 3.20. The molecule has 342 valence electrons. The predicted molar refractivity (Wildman–Crippen MR) is 231 cm³/mol. The Labute approximate surface area is 354 Å². The number of amides is 5. The topological polar surface area (TPSA) is 275 Å². The number of hydrogen-bond acceptors (Lipinski definition) is 12. The van der Waals surface area contributed by atoms with Crippen LogP contribution in [0.3, 0.4) is 0 Å². The summed E-state index contributed by atoms with van der Waals surface area (Å²) in [4.78, 5) is 71.0. The molecule has 1 unspecified atom stereocenters. The van der Waals surface area contributed by atoms with Gasteiger partial charge in [0, 0.05) is 70.5 Å². The van der Waals surface area contributed by atoms with Gasteiger partial charge >= 0.3 is 0 Å². The van der Waals surface area contributed by atoms with Crippen LogP contribution in [0.15, 0.2) is 5.10 Å². The highest BCUT2D eigenvalue weighted by Gasteiger charge is 2.09. The van der Waals surface area contributed by atoms with Gasteiger partial charge in [0.2, 0.25) is 29.5 Å². The summed E-state index contributed by atoms with van der Waals surface area (Å²) in [5, 5.41) is 14.6. The van der Waals surface area contributed by atoms with E-state index in [-0.39, 0.29) is 73.4 Å². The number of hydrogen-bond donors (Lipinski definition) is 8. The zero-order chi connectivity index (χ0) is 43.6. The normalized spacial score (nSPS) is 11.7. The van der Waals surface area contributed by atoms with Crippen LogP contribution in [0.25, 0.3) is 0 Å². The molecular formula is C40H77N9O9S. The van der Waals surface area contributed by atoms with E-state index in [1.165, 1.54) is 58.3 Å². The Balaban J connectivity index is 3.58. The van der Waals surface area contributed by atoms with Crippen molar-refractivity contribution in [3.63, 3.8) is 0 Å². The molecule has 10 N–H and O–H groups in total. The molecule has 0 saturated heterocycles. The summed E-state index contributed by atoms with van der Waals surface area (Å²) >= 11 is 0. The van der Waals surface area contributed by atoms with Crippen molar-refractivity contribution < 1.29 is 42.4 Å².